The van der Waals surface area contributed by atoms with Gasteiger partial charge in [0.25, 0.3) is 0 Å². The third kappa shape index (κ3) is 6.08. The van der Waals surface area contributed by atoms with Crippen molar-refractivity contribution in [3.8, 4) is 16.9 Å². The Morgan fingerprint density at radius 2 is 1.62 bits per heavy atom. The number of halogens is 1. The van der Waals surface area contributed by atoms with Crippen LogP contribution in [0.3, 0.4) is 0 Å². The van der Waals surface area contributed by atoms with Crippen LogP contribution in [0.1, 0.15) is 90.3 Å². The first kappa shape index (κ1) is 25.1. The Labute approximate surface area is 201 Å². The maximum absolute atomic E-state index is 11.5. The van der Waals surface area contributed by atoms with Gasteiger partial charge in [-0.3, -0.25) is 4.90 Å². The molecule has 0 bridgehead atoms. The lowest BCUT2D eigenvalue weighted by Gasteiger charge is -2.39. The largest absolute Gasteiger partial charge is 0.507 e. The fourth-order valence-electron chi connectivity index (χ4n) is 4.74. The highest BCUT2D eigenvalue weighted by molar-refractivity contribution is 6.31. The normalized spacial score (nSPS) is 16.0. The lowest BCUT2D eigenvalue weighted by molar-refractivity contribution is 0.0927. The number of aromatic hydroxyl groups is 1. The quantitative estimate of drug-likeness (QED) is 0.488. The van der Waals surface area contributed by atoms with Gasteiger partial charge in [0.2, 0.25) is 0 Å². The van der Waals surface area contributed by atoms with Crippen molar-refractivity contribution in [3.05, 3.63) is 52.0 Å². The van der Waals surface area contributed by atoms with Gasteiger partial charge < -0.3 is 5.11 Å². The molecule has 2 aromatic rings. The van der Waals surface area contributed by atoms with Crippen LogP contribution in [-0.4, -0.2) is 22.1 Å². The van der Waals surface area contributed by atoms with Crippen molar-refractivity contribution in [2.45, 2.75) is 98.1 Å². The highest BCUT2D eigenvalue weighted by Crippen LogP contribution is 2.39. The minimum atomic E-state index is -0.00535. The Bertz CT molecular complexity index is 929. The summed E-state index contributed by atoms with van der Waals surface area (Å²) in [5.74, 6) is 1.16. The van der Waals surface area contributed by atoms with Gasteiger partial charge in [0.05, 0.1) is 0 Å². The second kappa shape index (κ2) is 9.77. The Morgan fingerprint density at radius 1 is 0.969 bits per heavy atom. The summed E-state index contributed by atoms with van der Waals surface area (Å²) in [6.07, 6.45) is 6.75. The van der Waals surface area contributed by atoms with Crippen LogP contribution in [-0.2, 0) is 12.0 Å². The lowest BCUT2D eigenvalue weighted by atomic mass is 9.83. The molecule has 0 amide bonds. The van der Waals surface area contributed by atoms with Gasteiger partial charge >= 0.3 is 0 Å². The summed E-state index contributed by atoms with van der Waals surface area (Å²) in [5, 5.41) is 12.2. The zero-order valence-electron chi connectivity index (χ0n) is 21.2. The number of phenolic OH excluding ortho intramolecular Hbond substituents is 1. The molecule has 3 heteroatoms. The summed E-state index contributed by atoms with van der Waals surface area (Å²) in [4.78, 5) is 2.57. The maximum atomic E-state index is 11.5. The Balaban J connectivity index is 2.04. The first-order chi connectivity index (χ1) is 14.9. The molecule has 0 unspecified atom stereocenters. The Morgan fingerprint density at radius 3 is 2.19 bits per heavy atom. The molecule has 2 nitrogen and oxygen atoms in total. The molecule has 3 rings (SSSR count). The van der Waals surface area contributed by atoms with E-state index in [4.69, 9.17) is 11.6 Å². The average molecular weight is 456 g/mol. The number of aryl methyl sites for hydroxylation is 1. The van der Waals surface area contributed by atoms with Gasteiger partial charge in [-0.15, -0.1) is 0 Å². The van der Waals surface area contributed by atoms with Gasteiger partial charge in [0.1, 0.15) is 5.75 Å². The Kier molecular flexibility index (Phi) is 7.67. The van der Waals surface area contributed by atoms with E-state index in [1.807, 2.05) is 19.1 Å². The SMILES string of the molecule is Cc1cc(-c2cc(C(C)(C)C)cc(CN(CC3CCCCC3)C(C)(C)C)c2O)ccc1Cl. The molecule has 1 aliphatic carbocycles. The van der Waals surface area contributed by atoms with Gasteiger partial charge in [-0.1, -0.05) is 63.8 Å². The number of benzene rings is 2. The molecule has 1 saturated carbocycles. The van der Waals surface area contributed by atoms with Gasteiger partial charge in [-0.2, -0.15) is 0 Å². The molecule has 2 aromatic carbocycles. The molecule has 1 fully saturated rings. The number of rotatable bonds is 5. The van der Waals surface area contributed by atoms with Gasteiger partial charge in [-0.25, -0.2) is 0 Å². The van der Waals surface area contributed by atoms with Crippen molar-refractivity contribution in [1.29, 1.82) is 0 Å². The van der Waals surface area contributed by atoms with Crippen molar-refractivity contribution < 1.29 is 5.11 Å². The third-order valence-corrected chi connectivity index (χ3v) is 7.46. The summed E-state index contributed by atoms with van der Waals surface area (Å²) < 4.78 is 0. The second-order valence-electron chi connectivity index (χ2n) is 11.8. The summed E-state index contributed by atoms with van der Waals surface area (Å²) in [6.45, 7) is 17.5. The molecule has 0 spiro atoms. The predicted octanol–water partition coefficient (Wildman–Crippen LogP) is 8.50. The standard InChI is InChI=1S/C29H42ClNO/c1-20-15-22(13-14-26(20)30)25-17-24(28(2,3)4)16-23(27(25)32)19-31(29(5,6)7)18-21-11-9-8-10-12-21/h13-17,21,32H,8-12,18-19H2,1-7H3. The molecule has 0 saturated heterocycles. The van der Waals surface area contributed by atoms with Crippen molar-refractivity contribution in [3.63, 3.8) is 0 Å². The van der Waals surface area contributed by atoms with Crippen molar-refractivity contribution >= 4 is 11.6 Å². The van der Waals surface area contributed by atoms with Crippen LogP contribution in [0, 0.1) is 12.8 Å². The van der Waals surface area contributed by atoms with Crippen LogP contribution in [0.2, 0.25) is 5.02 Å². The molecule has 1 N–H and O–H groups in total. The van der Waals surface area contributed by atoms with Crippen LogP contribution in [0.4, 0.5) is 0 Å². The van der Waals surface area contributed by atoms with Crippen molar-refractivity contribution in [1.82, 2.24) is 4.90 Å². The minimum Gasteiger partial charge on any atom is -0.507 e. The van der Waals surface area contributed by atoms with E-state index in [0.717, 1.165) is 46.3 Å². The van der Waals surface area contributed by atoms with Crippen LogP contribution in [0.5, 0.6) is 5.75 Å². The maximum Gasteiger partial charge on any atom is 0.127 e. The fourth-order valence-corrected chi connectivity index (χ4v) is 4.86. The molecule has 1 aliphatic rings. The van der Waals surface area contributed by atoms with Crippen LogP contribution in [0.25, 0.3) is 11.1 Å². The van der Waals surface area contributed by atoms with Crippen molar-refractivity contribution in [2.24, 2.45) is 5.92 Å². The summed E-state index contributed by atoms with van der Waals surface area (Å²) >= 11 is 6.29. The van der Waals surface area contributed by atoms with E-state index < -0.39 is 0 Å². The Hall–Kier alpha value is -1.51. The zero-order valence-corrected chi connectivity index (χ0v) is 21.9. The van der Waals surface area contributed by atoms with Gasteiger partial charge in [0, 0.05) is 34.8 Å². The van der Waals surface area contributed by atoms with Gasteiger partial charge in [-0.05, 0) is 86.8 Å². The average Bonchev–Trinajstić information content (AvgIpc) is 2.70. The molecule has 32 heavy (non-hydrogen) atoms. The van der Waals surface area contributed by atoms with Crippen molar-refractivity contribution in [2.75, 3.05) is 6.54 Å². The molecule has 0 atom stereocenters. The number of phenols is 1. The summed E-state index contributed by atoms with van der Waals surface area (Å²) in [5.41, 5.74) is 5.25. The van der Waals surface area contributed by atoms with E-state index >= 15 is 0 Å². The van der Waals surface area contributed by atoms with E-state index in [1.165, 1.54) is 37.7 Å². The monoisotopic (exact) mass is 455 g/mol. The second-order valence-corrected chi connectivity index (χ2v) is 12.2. The number of nitrogens with zero attached hydrogens (tertiary/aromatic N) is 1. The molecular weight excluding hydrogens is 414 g/mol. The van der Waals surface area contributed by atoms with E-state index in [9.17, 15) is 5.11 Å². The third-order valence-electron chi connectivity index (χ3n) is 7.04. The van der Waals surface area contributed by atoms with Crippen LogP contribution < -0.4 is 0 Å². The van der Waals surface area contributed by atoms with Crippen LogP contribution in [0.15, 0.2) is 30.3 Å². The van der Waals surface area contributed by atoms with E-state index in [0.29, 0.717) is 5.75 Å². The van der Waals surface area contributed by atoms with Crippen LogP contribution >= 0.6 is 11.6 Å². The summed E-state index contributed by atoms with van der Waals surface area (Å²) in [7, 11) is 0. The number of hydrogen-bond donors (Lipinski definition) is 1. The highest BCUT2D eigenvalue weighted by atomic mass is 35.5. The van der Waals surface area contributed by atoms with E-state index in [-0.39, 0.29) is 11.0 Å². The fraction of sp³-hybridized carbons (Fsp3) is 0.586. The predicted molar refractivity (Wildman–Crippen MR) is 139 cm³/mol. The molecule has 176 valence electrons. The van der Waals surface area contributed by atoms with Gasteiger partial charge in [0.15, 0.2) is 0 Å². The molecule has 0 aromatic heterocycles. The smallest absolute Gasteiger partial charge is 0.127 e. The topological polar surface area (TPSA) is 23.5 Å². The zero-order chi connectivity index (χ0) is 23.7. The summed E-state index contributed by atoms with van der Waals surface area (Å²) in [6, 6.07) is 10.4. The highest BCUT2D eigenvalue weighted by Gasteiger charge is 2.28. The first-order valence-corrected chi connectivity index (χ1v) is 12.6. The van der Waals surface area contributed by atoms with E-state index in [1.54, 1.807) is 0 Å². The molecular formula is C29H42ClNO. The first-order valence-electron chi connectivity index (χ1n) is 12.2. The molecule has 0 radical (unpaired) electrons. The minimum absolute atomic E-state index is 0.00535. The van der Waals surface area contributed by atoms with E-state index in [2.05, 4.69) is 64.6 Å². The molecule has 0 heterocycles. The molecule has 0 aliphatic heterocycles. The number of hydrogen-bond acceptors (Lipinski definition) is 2. The lowest BCUT2D eigenvalue weighted by Crippen LogP contribution is -2.44.